The van der Waals surface area contributed by atoms with Crippen LogP contribution in [0.4, 0.5) is 5.69 Å². The molecule has 1 aliphatic rings. The fraction of sp³-hybridized carbons (Fsp3) is 0.357. The number of hydrogen-bond acceptors (Lipinski definition) is 4. The number of anilines is 1. The van der Waals surface area contributed by atoms with Crippen LogP contribution in [0.2, 0.25) is 0 Å². The second kappa shape index (κ2) is 5.32. The Hall–Kier alpha value is -2.37. The van der Waals surface area contributed by atoms with Gasteiger partial charge in [-0.05, 0) is 25.1 Å². The van der Waals surface area contributed by atoms with E-state index in [9.17, 15) is 14.4 Å². The lowest BCUT2D eigenvalue weighted by Gasteiger charge is -2.31. The second-order valence-electron chi connectivity index (χ2n) is 4.97. The maximum absolute atomic E-state index is 12.5. The first-order valence-corrected chi connectivity index (χ1v) is 6.32. The first-order valence-electron chi connectivity index (χ1n) is 6.32. The van der Waals surface area contributed by atoms with Crippen molar-refractivity contribution in [3.63, 3.8) is 0 Å². The third kappa shape index (κ3) is 2.64. The molecule has 1 aromatic rings. The summed E-state index contributed by atoms with van der Waals surface area (Å²) in [4.78, 5) is 38.6. The lowest BCUT2D eigenvalue weighted by molar-refractivity contribution is -0.138. The van der Waals surface area contributed by atoms with Gasteiger partial charge in [-0.25, -0.2) is 0 Å². The average Bonchev–Trinajstić information content (AvgIpc) is 2.42. The number of amides is 3. The molecule has 1 aromatic carbocycles. The normalized spacial score (nSPS) is 18.8. The molecule has 106 valence electrons. The van der Waals surface area contributed by atoms with Gasteiger partial charge in [-0.15, -0.1) is 0 Å². The van der Waals surface area contributed by atoms with E-state index < -0.39 is 17.9 Å². The van der Waals surface area contributed by atoms with Crippen LogP contribution in [-0.4, -0.2) is 49.3 Å². The minimum absolute atomic E-state index is 0.0993. The summed E-state index contributed by atoms with van der Waals surface area (Å²) in [6, 6.07) is 6.43. The van der Waals surface area contributed by atoms with E-state index in [0.29, 0.717) is 5.56 Å². The minimum atomic E-state index is -0.650. The summed E-state index contributed by atoms with van der Waals surface area (Å²) < 4.78 is 0. The van der Waals surface area contributed by atoms with Gasteiger partial charge in [-0.1, -0.05) is 6.07 Å². The number of imide groups is 1. The molecule has 1 N–H and O–H groups in total. The molecule has 0 saturated carbocycles. The number of hydrogen-bond donors (Lipinski definition) is 1. The molecular formula is C14H17N3O3. The van der Waals surface area contributed by atoms with E-state index in [1.807, 2.05) is 25.1 Å². The quantitative estimate of drug-likeness (QED) is 0.785. The largest absolute Gasteiger partial charge is 0.378 e. The van der Waals surface area contributed by atoms with E-state index in [4.69, 9.17) is 0 Å². The van der Waals surface area contributed by atoms with E-state index in [0.717, 1.165) is 5.69 Å². The predicted molar refractivity (Wildman–Crippen MR) is 74.4 cm³/mol. The maximum Gasteiger partial charge on any atom is 0.255 e. The van der Waals surface area contributed by atoms with E-state index in [1.165, 1.54) is 4.90 Å². The zero-order valence-electron chi connectivity index (χ0n) is 11.7. The van der Waals surface area contributed by atoms with Gasteiger partial charge in [-0.3, -0.25) is 19.7 Å². The van der Waals surface area contributed by atoms with Crippen molar-refractivity contribution in [3.8, 4) is 0 Å². The van der Waals surface area contributed by atoms with Crippen molar-refractivity contribution in [1.29, 1.82) is 0 Å². The van der Waals surface area contributed by atoms with Gasteiger partial charge in [-0.2, -0.15) is 0 Å². The molecule has 2 rings (SSSR count). The number of rotatable bonds is 2. The van der Waals surface area contributed by atoms with Crippen molar-refractivity contribution in [2.45, 2.75) is 13.0 Å². The van der Waals surface area contributed by atoms with E-state index in [2.05, 4.69) is 5.32 Å². The van der Waals surface area contributed by atoms with Gasteiger partial charge in [0, 0.05) is 25.3 Å². The second-order valence-corrected chi connectivity index (χ2v) is 4.97. The van der Waals surface area contributed by atoms with E-state index >= 15 is 0 Å². The lowest BCUT2D eigenvalue weighted by atomic mass is 10.1. The Morgan fingerprint density at radius 1 is 1.35 bits per heavy atom. The summed E-state index contributed by atoms with van der Waals surface area (Å²) in [5.74, 6) is -1.21. The maximum atomic E-state index is 12.5. The van der Waals surface area contributed by atoms with Gasteiger partial charge < -0.3 is 9.80 Å². The molecule has 1 fully saturated rings. The fourth-order valence-corrected chi connectivity index (χ4v) is 2.05. The Bertz CT molecular complexity index is 569. The Morgan fingerprint density at radius 2 is 2.05 bits per heavy atom. The molecule has 0 aliphatic carbocycles. The Kier molecular flexibility index (Phi) is 3.74. The SMILES string of the molecule is CC1C(=O)NC(=O)CN1C(=O)c1cccc(N(C)C)c1. The van der Waals surface area contributed by atoms with E-state index in [-0.39, 0.29) is 12.5 Å². The molecule has 1 aliphatic heterocycles. The third-order valence-electron chi connectivity index (χ3n) is 3.29. The molecule has 0 aromatic heterocycles. The smallest absolute Gasteiger partial charge is 0.255 e. The first-order chi connectivity index (χ1) is 9.40. The minimum Gasteiger partial charge on any atom is -0.378 e. The molecule has 0 radical (unpaired) electrons. The molecular weight excluding hydrogens is 258 g/mol. The number of carbonyl (C=O) groups excluding carboxylic acids is 3. The van der Waals surface area contributed by atoms with Gasteiger partial charge >= 0.3 is 0 Å². The highest BCUT2D eigenvalue weighted by Gasteiger charge is 2.33. The Labute approximate surface area is 117 Å². The van der Waals surface area contributed by atoms with Crippen LogP contribution < -0.4 is 10.2 Å². The van der Waals surface area contributed by atoms with Crippen molar-refractivity contribution in [1.82, 2.24) is 10.2 Å². The number of nitrogens with zero attached hydrogens (tertiary/aromatic N) is 2. The van der Waals surface area contributed by atoms with Crippen molar-refractivity contribution >= 4 is 23.4 Å². The summed E-state index contributed by atoms with van der Waals surface area (Å²) in [6.07, 6.45) is 0. The van der Waals surface area contributed by atoms with Crippen LogP contribution in [0.1, 0.15) is 17.3 Å². The summed E-state index contributed by atoms with van der Waals surface area (Å²) >= 11 is 0. The molecule has 20 heavy (non-hydrogen) atoms. The van der Waals surface area contributed by atoms with E-state index in [1.54, 1.807) is 25.1 Å². The van der Waals surface area contributed by atoms with Gasteiger partial charge in [0.1, 0.15) is 12.6 Å². The first kappa shape index (κ1) is 14.0. The molecule has 6 nitrogen and oxygen atoms in total. The standard InChI is InChI=1S/C14H17N3O3/c1-9-13(19)15-12(18)8-17(9)14(20)10-5-4-6-11(7-10)16(2)3/h4-7,9H,8H2,1-3H3,(H,15,18,19). The van der Waals surface area contributed by atoms with Gasteiger partial charge in [0.05, 0.1) is 0 Å². The predicted octanol–water partition coefficient (Wildman–Crippen LogP) is 0.240. The molecule has 6 heteroatoms. The number of benzene rings is 1. The third-order valence-corrected chi connectivity index (χ3v) is 3.29. The van der Waals surface area contributed by atoms with Crippen LogP contribution in [0, 0.1) is 0 Å². The van der Waals surface area contributed by atoms with Crippen LogP contribution in [-0.2, 0) is 9.59 Å². The molecule has 1 atom stereocenters. The summed E-state index contributed by atoms with van der Waals surface area (Å²) in [7, 11) is 3.76. The highest BCUT2D eigenvalue weighted by molar-refractivity contribution is 6.07. The topological polar surface area (TPSA) is 69.7 Å². The number of piperazine rings is 1. The highest BCUT2D eigenvalue weighted by Crippen LogP contribution is 2.17. The Morgan fingerprint density at radius 3 is 2.70 bits per heavy atom. The fourth-order valence-electron chi connectivity index (χ4n) is 2.05. The summed E-state index contributed by atoms with van der Waals surface area (Å²) in [5, 5.41) is 2.21. The van der Waals surface area contributed by atoms with Crippen LogP contribution in [0.25, 0.3) is 0 Å². The van der Waals surface area contributed by atoms with Gasteiger partial charge in [0.25, 0.3) is 5.91 Å². The van der Waals surface area contributed by atoms with Crippen LogP contribution in [0.3, 0.4) is 0 Å². The molecule has 1 saturated heterocycles. The zero-order chi connectivity index (χ0) is 14.9. The number of carbonyl (C=O) groups is 3. The molecule has 0 bridgehead atoms. The van der Waals surface area contributed by atoms with Crippen LogP contribution in [0.15, 0.2) is 24.3 Å². The van der Waals surface area contributed by atoms with Gasteiger partial charge in [0.15, 0.2) is 0 Å². The van der Waals surface area contributed by atoms with Crippen LogP contribution in [0.5, 0.6) is 0 Å². The number of nitrogens with one attached hydrogen (secondary N) is 1. The summed E-state index contributed by atoms with van der Waals surface area (Å²) in [5.41, 5.74) is 1.35. The van der Waals surface area contributed by atoms with Crippen molar-refractivity contribution < 1.29 is 14.4 Å². The van der Waals surface area contributed by atoms with Crippen molar-refractivity contribution in [2.24, 2.45) is 0 Å². The lowest BCUT2D eigenvalue weighted by Crippen LogP contribution is -2.58. The molecule has 1 unspecified atom stereocenters. The highest BCUT2D eigenvalue weighted by atomic mass is 16.2. The monoisotopic (exact) mass is 275 g/mol. The average molecular weight is 275 g/mol. The molecule has 1 heterocycles. The van der Waals surface area contributed by atoms with Crippen molar-refractivity contribution in [3.05, 3.63) is 29.8 Å². The Balaban J connectivity index is 2.28. The van der Waals surface area contributed by atoms with Crippen LogP contribution >= 0.6 is 0 Å². The zero-order valence-corrected chi connectivity index (χ0v) is 11.7. The van der Waals surface area contributed by atoms with Gasteiger partial charge in [0.2, 0.25) is 11.8 Å². The molecule has 3 amide bonds. The molecule has 0 spiro atoms. The van der Waals surface area contributed by atoms with Crippen molar-refractivity contribution in [2.75, 3.05) is 25.5 Å². The summed E-state index contributed by atoms with van der Waals surface area (Å²) in [6.45, 7) is 1.51.